The molecule has 0 fully saturated rings. The topological polar surface area (TPSA) is 54.9 Å². The number of guanidine groups is 1. The predicted molar refractivity (Wildman–Crippen MR) is 111 cm³/mol. The third kappa shape index (κ3) is 5.67. The molecular weight excluding hydrogens is 453 g/mol. The van der Waals surface area contributed by atoms with E-state index in [1.165, 1.54) is 0 Å². The summed E-state index contributed by atoms with van der Waals surface area (Å²) in [7, 11) is 0. The highest BCUT2D eigenvalue weighted by atomic mass is 127. The van der Waals surface area contributed by atoms with Gasteiger partial charge in [0.15, 0.2) is 17.5 Å². The first-order valence-electron chi connectivity index (χ1n) is 7.90. The van der Waals surface area contributed by atoms with Crippen LogP contribution in [0, 0.1) is 0 Å². The molecule has 0 aromatic heterocycles. The highest BCUT2D eigenvalue weighted by molar-refractivity contribution is 14.0. The lowest BCUT2D eigenvalue weighted by Crippen LogP contribution is -2.36. The summed E-state index contributed by atoms with van der Waals surface area (Å²) in [5.41, 5.74) is 2.18. The number of hydrogen-bond donors (Lipinski definition) is 2. The van der Waals surface area contributed by atoms with E-state index in [2.05, 4.69) is 15.6 Å². The Morgan fingerprint density at radius 2 is 1.92 bits per heavy atom. The third-order valence-electron chi connectivity index (χ3n) is 3.55. The zero-order chi connectivity index (χ0) is 16.8. The molecule has 0 unspecified atom stereocenters. The zero-order valence-electron chi connectivity index (χ0n) is 13.9. The summed E-state index contributed by atoms with van der Waals surface area (Å²) in [6.07, 6.45) is 0. The number of fused-ring (bicyclic) bond motifs is 1. The van der Waals surface area contributed by atoms with E-state index >= 15 is 0 Å². The molecule has 3 rings (SSSR count). The van der Waals surface area contributed by atoms with Crippen molar-refractivity contribution in [3.63, 3.8) is 0 Å². The lowest BCUT2D eigenvalue weighted by atomic mass is 10.2. The molecule has 0 spiro atoms. The molecule has 0 saturated carbocycles. The fraction of sp³-hybridized carbons (Fsp3) is 0.278. The van der Waals surface area contributed by atoms with E-state index in [0.29, 0.717) is 13.1 Å². The molecular formula is C18H21ClIN3O2. The third-order valence-corrected chi connectivity index (χ3v) is 3.79. The van der Waals surface area contributed by atoms with Crippen molar-refractivity contribution in [2.75, 3.05) is 13.3 Å². The molecule has 2 aromatic rings. The molecule has 0 bridgehead atoms. The molecule has 7 heteroatoms. The number of nitrogens with one attached hydrogen (secondary N) is 2. The van der Waals surface area contributed by atoms with E-state index in [1.54, 1.807) is 0 Å². The first-order chi connectivity index (χ1) is 11.7. The fourth-order valence-corrected chi connectivity index (χ4v) is 2.60. The lowest BCUT2D eigenvalue weighted by Gasteiger charge is -2.12. The SMILES string of the molecule is CCNC(=NCc1cccc(Cl)c1)NCc1ccc2c(c1)OCO2.I. The number of aliphatic imine (C=N–C) groups is 1. The second-order valence-electron chi connectivity index (χ2n) is 5.37. The van der Waals surface area contributed by atoms with Gasteiger partial charge in [0.05, 0.1) is 6.54 Å². The van der Waals surface area contributed by atoms with Gasteiger partial charge in [0, 0.05) is 18.1 Å². The summed E-state index contributed by atoms with van der Waals surface area (Å²) in [4.78, 5) is 4.59. The Balaban J connectivity index is 0.00000225. The Bertz CT molecular complexity index is 740. The molecule has 0 atom stereocenters. The molecule has 5 nitrogen and oxygen atoms in total. The molecule has 0 saturated heterocycles. The normalized spacial score (nSPS) is 12.5. The van der Waals surface area contributed by atoms with Crippen molar-refractivity contribution in [3.05, 3.63) is 58.6 Å². The van der Waals surface area contributed by atoms with Gasteiger partial charge in [0.2, 0.25) is 6.79 Å². The van der Waals surface area contributed by atoms with Crippen LogP contribution in [0.15, 0.2) is 47.5 Å². The van der Waals surface area contributed by atoms with Gasteiger partial charge in [-0.3, -0.25) is 0 Å². The molecule has 25 heavy (non-hydrogen) atoms. The first kappa shape index (κ1) is 19.7. The van der Waals surface area contributed by atoms with Crippen LogP contribution in [-0.4, -0.2) is 19.3 Å². The maximum absolute atomic E-state index is 6.01. The number of ether oxygens (including phenoxy) is 2. The number of rotatable bonds is 5. The standard InChI is InChI=1S/C18H20ClN3O2.HI/c1-2-20-18(21-10-13-4-3-5-15(19)8-13)22-11-14-6-7-16-17(9-14)24-12-23-16;/h3-9H,2,10-12H2,1H3,(H2,20,21,22);1H. The van der Waals surface area contributed by atoms with E-state index < -0.39 is 0 Å². The highest BCUT2D eigenvalue weighted by Crippen LogP contribution is 2.32. The Kier molecular flexibility index (Phi) is 7.64. The summed E-state index contributed by atoms with van der Waals surface area (Å²) >= 11 is 6.01. The highest BCUT2D eigenvalue weighted by Gasteiger charge is 2.13. The van der Waals surface area contributed by atoms with Gasteiger partial charge in [-0.25, -0.2) is 4.99 Å². The van der Waals surface area contributed by atoms with Crippen molar-refractivity contribution >= 4 is 41.5 Å². The van der Waals surface area contributed by atoms with Gasteiger partial charge in [0.25, 0.3) is 0 Å². The molecule has 1 aliphatic heterocycles. The van der Waals surface area contributed by atoms with Gasteiger partial charge in [-0.2, -0.15) is 0 Å². The van der Waals surface area contributed by atoms with Crippen LogP contribution in [0.25, 0.3) is 0 Å². The molecule has 134 valence electrons. The fourth-order valence-electron chi connectivity index (χ4n) is 2.38. The van der Waals surface area contributed by atoms with Gasteiger partial charge in [0.1, 0.15) is 0 Å². The van der Waals surface area contributed by atoms with Gasteiger partial charge in [-0.05, 0) is 42.3 Å². The van der Waals surface area contributed by atoms with Crippen molar-refractivity contribution in [1.82, 2.24) is 10.6 Å². The quantitative estimate of drug-likeness (QED) is 0.392. The van der Waals surface area contributed by atoms with Crippen molar-refractivity contribution in [2.45, 2.75) is 20.0 Å². The van der Waals surface area contributed by atoms with Crippen molar-refractivity contribution < 1.29 is 9.47 Å². The minimum atomic E-state index is 0. The second-order valence-corrected chi connectivity index (χ2v) is 5.80. The minimum absolute atomic E-state index is 0. The summed E-state index contributed by atoms with van der Waals surface area (Å²) in [6.45, 7) is 4.34. The average Bonchev–Trinajstić information content (AvgIpc) is 3.05. The van der Waals surface area contributed by atoms with Crippen LogP contribution in [0.3, 0.4) is 0 Å². The van der Waals surface area contributed by atoms with E-state index in [9.17, 15) is 0 Å². The number of benzene rings is 2. The molecule has 2 N–H and O–H groups in total. The van der Waals surface area contributed by atoms with Gasteiger partial charge in [-0.1, -0.05) is 29.8 Å². The summed E-state index contributed by atoms with van der Waals surface area (Å²) in [6, 6.07) is 13.6. The summed E-state index contributed by atoms with van der Waals surface area (Å²) in [5, 5.41) is 7.29. The Morgan fingerprint density at radius 3 is 2.72 bits per heavy atom. The van der Waals surface area contributed by atoms with Crippen LogP contribution in [0.1, 0.15) is 18.1 Å². The van der Waals surface area contributed by atoms with Gasteiger partial charge < -0.3 is 20.1 Å². The van der Waals surface area contributed by atoms with E-state index in [-0.39, 0.29) is 30.8 Å². The maximum Gasteiger partial charge on any atom is 0.231 e. The second kappa shape index (κ2) is 9.72. The number of hydrogen-bond acceptors (Lipinski definition) is 3. The number of halogens is 2. The van der Waals surface area contributed by atoms with Gasteiger partial charge >= 0.3 is 0 Å². The van der Waals surface area contributed by atoms with Crippen LogP contribution >= 0.6 is 35.6 Å². The Morgan fingerprint density at radius 1 is 1.08 bits per heavy atom. The molecule has 1 heterocycles. The largest absolute Gasteiger partial charge is 0.454 e. The smallest absolute Gasteiger partial charge is 0.231 e. The van der Waals surface area contributed by atoms with Crippen molar-refractivity contribution in [3.8, 4) is 11.5 Å². The molecule has 0 aliphatic carbocycles. The Hall–Kier alpha value is -1.67. The molecule has 1 aliphatic rings. The van der Waals surface area contributed by atoms with Crippen LogP contribution in [0.4, 0.5) is 0 Å². The summed E-state index contributed by atoms with van der Waals surface area (Å²) < 4.78 is 10.7. The zero-order valence-corrected chi connectivity index (χ0v) is 17.0. The lowest BCUT2D eigenvalue weighted by molar-refractivity contribution is 0.174. The van der Waals surface area contributed by atoms with Crippen molar-refractivity contribution in [1.29, 1.82) is 0 Å². The van der Waals surface area contributed by atoms with E-state index in [1.807, 2.05) is 49.4 Å². The maximum atomic E-state index is 6.01. The van der Waals surface area contributed by atoms with Crippen LogP contribution < -0.4 is 20.1 Å². The first-order valence-corrected chi connectivity index (χ1v) is 8.27. The Labute approximate surface area is 169 Å². The molecule has 0 amide bonds. The minimum Gasteiger partial charge on any atom is -0.454 e. The van der Waals surface area contributed by atoms with E-state index in [0.717, 1.165) is 40.2 Å². The summed E-state index contributed by atoms with van der Waals surface area (Å²) in [5.74, 6) is 2.34. The van der Waals surface area contributed by atoms with Crippen LogP contribution in [-0.2, 0) is 13.1 Å². The van der Waals surface area contributed by atoms with E-state index in [4.69, 9.17) is 21.1 Å². The van der Waals surface area contributed by atoms with Gasteiger partial charge in [-0.15, -0.1) is 24.0 Å². The average molecular weight is 474 g/mol. The van der Waals surface area contributed by atoms with Crippen molar-refractivity contribution in [2.24, 2.45) is 4.99 Å². The molecule has 2 aromatic carbocycles. The molecule has 0 radical (unpaired) electrons. The predicted octanol–water partition coefficient (Wildman–Crippen LogP) is 3.94. The monoisotopic (exact) mass is 473 g/mol. The number of nitrogens with zero attached hydrogens (tertiary/aromatic N) is 1. The van der Waals surface area contributed by atoms with Crippen LogP contribution in [0.2, 0.25) is 5.02 Å². The van der Waals surface area contributed by atoms with Crippen LogP contribution in [0.5, 0.6) is 11.5 Å².